The Hall–Kier alpha value is -2.14. The van der Waals surface area contributed by atoms with Gasteiger partial charge in [-0.15, -0.1) is 0 Å². The van der Waals surface area contributed by atoms with E-state index in [1.165, 1.54) is 17.3 Å². The van der Waals surface area contributed by atoms with E-state index in [0.29, 0.717) is 10.9 Å². The number of likely N-dealkylation sites (N-methyl/N-ethyl adjacent to an activating group) is 1. The molecule has 2 heterocycles. The molecule has 0 N–H and O–H groups in total. The minimum atomic E-state index is -0.172. The van der Waals surface area contributed by atoms with Gasteiger partial charge in [0.1, 0.15) is 0 Å². The predicted molar refractivity (Wildman–Crippen MR) is 93.7 cm³/mol. The number of anilines is 1. The number of fused-ring (bicyclic) bond motifs is 1. The van der Waals surface area contributed by atoms with Gasteiger partial charge in [0.2, 0.25) is 0 Å². The van der Waals surface area contributed by atoms with Crippen molar-refractivity contribution in [3.8, 4) is 0 Å². The maximum atomic E-state index is 12.4. The second-order valence-electron chi connectivity index (χ2n) is 6.02. The molecule has 2 aromatic rings. The second-order valence-corrected chi connectivity index (χ2v) is 6.96. The maximum absolute atomic E-state index is 12.4. The first kappa shape index (κ1) is 15.7. The Morgan fingerprint density at radius 1 is 1.22 bits per heavy atom. The van der Waals surface area contributed by atoms with Gasteiger partial charge >= 0.3 is 0 Å². The molecule has 0 saturated heterocycles. The summed E-state index contributed by atoms with van der Waals surface area (Å²) in [5, 5.41) is 0.626. The summed E-state index contributed by atoms with van der Waals surface area (Å²) in [6, 6.07) is 10.1. The summed E-state index contributed by atoms with van der Waals surface area (Å²) in [6.07, 6.45) is 5.13. The van der Waals surface area contributed by atoms with Gasteiger partial charge in [0.15, 0.2) is 10.9 Å². The summed E-state index contributed by atoms with van der Waals surface area (Å²) in [7, 11) is 2.01. The van der Waals surface area contributed by atoms with Crippen molar-refractivity contribution in [3.05, 3.63) is 60.1 Å². The number of carbonyl (C=O) groups excluding carboxylic acids is 1. The highest BCUT2D eigenvalue weighted by molar-refractivity contribution is 7.99. The van der Waals surface area contributed by atoms with E-state index in [2.05, 4.69) is 40.8 Å². The van der Waals surface area contributed by atoms with Crippen LogP contribution in [0.25, 0.3) is 0 Å². The molecule has 4 nitrogen and oxygen atoms in total. The van der Waals surface area contributed by atoms with E-state index in [1.807, 2.05) is 19.2 Å². The number of hydrogen-bond donors (Lipinski definition) is 0. The average molecular weight is 325 g/mol. The van der Waals surface area contributed by atoms with Crippen LogP contribution in [-0.4, -0.2) is 28.6 Å². The molecule has 5 heteroatoms. The van der Waals surface area contributed by atoms with Crippen LogP contribution >= 0.6 is 11.8 Å². The number of aromatic nitrogens is 2. The van der Waals surface area contributed by atoms with Crippen LogP contribution < -0.4 is 4.90 Å². The number of benzene rings is 1. The summed E-state index contributed by atoms with van der Waals surface area (Å²) in [5.74, 6) is 0.415. The molecule has 1 aromatic carbocycles. The van der Waals surface area contributed by atoms with E-state index in [4.69, 9.17) is 0 Å². The molecule has 0 spiro atoms. The number of hydrogen-bond acceptors (Lipinski definition) is 5. The first-order valence-corrected chi connectivity index (χ1v) is 8.47. The average Bonchev–Trinajstić information content (AvgIpc) is 2.75. The fourth-order valence-electron chi connectivity index (χ4n) is 2.95. The third-order valence-corrected chi connectivity index (χ3v) is 5.02. The van der Waals surface area contributed by atoms with Gasteiger partial charge < -0.3 is 4.90 Å². The quantitative estimate of drug-likeness (QED) is 0.489. The van der Waals surface area contributed by atoms with Crippen molar-refractivity contribution in [1.29, 1.82) is 0 Å². The van der Waals surface area contributed by atoms with Crippen molar-refractivity contribution in [2.24, 2.45) is 0 Å². The van der Waals surface area contributed by atoms with Gasteiger partial charge in [0, 0.05) is 42.3 Å². The molecule has 0 saturated carbocycles. The molecule has 0 fully saturated rings. The molecule has 0 radical (unpaired) electrons. The summed E-state index contributed by atoms with van der Waals surface area (Å²) in [4.78, 5) is 22.7. The van der Waals surface area contributed by atoms with E-state index in [9.17, 15) is 4.79 Å². The van der Waals surface area contributed by atoms with E-state index in [1.54, 1.807) is 24.5 Å². The van der Waals surface area contributed by atoms with Gasteiger partial charge in [-0.2, -0.15) is 0 Å². The van der Waals surface area contributed by atoms with Gasteiger partial charge in [-0.3, -0.25) is 4.79 Å². The van der Waals surface area contributed by atoms with Crippen LogP contribution in [-0.2, 0) is 10.2 Å². The number of ketones is 1. The number of thioether (sulfide) groups is 1. The molecule has 23 heavy (non-hydrogen) atoms. The minimum absolute atomic E-state index is 0.0742. The van der Waals surface area contributed by atoms with Crippen LogP contribution in [0.5, 0.6) is 0 Å². The highest BCUT2D eigenvalue weighted by Gasteiger charge is 2.38. The number of carbonyl (C=O) groups is 1. The molecule has 1 aliphatic heterocycles. The van der Waals surface area contributed by atoms with Gasteiger partial charge in [0.25, 0.3) is 0 Å². The summed E-state index contributed by atoms with van der Waals surface area (Å²) in [6.45, 7) is 4.31. The van der Waals surface area contributed by atoms with Crippen molar-refractivity contribution in [1.82, 2.24) is 9.97 Å². The van der Waals surface area contributed by atoms with Crippen molar-refractivity contribution < 1.29 is 4.79 Å². The number of para-hydroxylation sites is 1. The Morgan fingerprint density at radius 3 is 2.61 bits per heavy atom. The second kappa shape index (κ2) is 6.16. The smallest absolute Gasteiger partial charge is 0.187 e. The Balaban J connectivity index is 1.78. The number of allylic oxidation sites excluding steroid dienone is 2. The fraction of sp³-hybridized carbons (Fsp3) is 0.278. The molecule has 0 amide bonds. The standard InChI is InChI=1S/C18H19N3OS/c1-18(2)14-7-4-5-8-15(14)21(3)16(18)11-13(22)12-23-17-19-9-6-10-20-17/h4-11H,12H2,1-3H3. The van der Waals surface area contributed by atoms with Gasteiger partial charge in [-0.25, -0.2) is 9.97 Å². The first-order chi connectivity index (χ1) is 11.0. The van der Waals surface area contributed by atoms with Crippen molar-refractivity contribution >= 4 is 23.2 Å². The topological polar surface area (TPSA) is 46.1 Å². The third kappa shape index (κ3) is 3.01. The highest BCUT2D eigenvalue weighted by Crippen LogP contribution is 2.46. The molecular weight excluding hydrogens is 306 g/mol. The Morgan fingerprint density at radius 2 is 1.91 bits per heavy atom. The van der Waals surface area contributed by atoms with Crippen LogP contribution in [0.15, 0.2) is 59.7 Å². The van der Waals surface area contributed by atoms with Crippen LogP contribution in [0.1, 0.15) is 19.4 Å². The monoisotopic (exact) mass is 325 g/mol. The van der Waals surface area contributed by atoms with Crippen LogP contribution in [0.3, 0.4) is 0 Å². The lowest BCUT2D eigenvalue weighted by atomic mass is 9.83. The van der Waals surface area contributed by atoms with E-state index >= 15 is 0 Å². The first-order valence-electron chi connectivity index (χ1n) is 7.48. The molecule has 0 aliphatic carbocycles. The lowest BCUT2D eigenvalue weighted by Gasteiger charge is -2.23. The van der Waals surface area contributed by atoms with Crippen LogP contribution in [0.2, 0.25) is 0 Å². The Bertz CT molecular complexity index is 756. The molecule has 1 aliphatic rings. The van der Waals surface area contributed by atoms with Crippen molar-refractivity contribution in [2.45, 2.75) is 24.4 Å². The van der Waals surface area contributed by atoms with Gasteiger partial charge in [-0.1, -0.05) is 43.8 Å². The largest absolute Gasteiger partial charge is 0.347 e. The predicted octanol–water partition coefficient (Wildman–Crippen LogP) is 3.45. The molecule has 1 aromatic heterocycles. The Kier molecular flexibility index (Phi) is 4.22. The lowest BCUT2D eigenvalue weighted by Crippen LogP contribution is -2.24. The van der Waals surface area contributed by atoms with Gasteiger partial charge in [-0.05, 0) is 17.7 Å². The molecule has 0 unspecified atom stereocenters. The maximum Gasteiger partial charge on any atom is 0.187 e. The van der Waals surface area contributed by atoms with Crippen molar-refractivity contribution in [2.75, 3.05) is 17.7 Å². The number of nitrogens with zero attached hydrogens (tertiary/aromatic N) is 3. The van der Waals surface area contributed by atoms with Gasteiger partial charge in [0.05, 0.1) is 5.75 Å². The molecular formula is C18H19N3OS. The summed E-state index contributed by atoms with van der Waals surface area (Å²) >= 11 is 1.36. The SMILES string of the molecule is CN1C(=CC(=O)CSc2ncccn2)C(C)(C)c2ccccc21. The lowest BCUT2D eigenvalue weighted by molar-refractivity contribution is -0.112. The van der Waals surface area contributed by atoms with Crippen LogP contribution in [0, 0.1) is 0 Å². The molecule has 0 bridgehead atoms. The zero-order valence-corrected chi connectivity index (χ0v) is 14.3. The minimum Gasteiger partial charge on any atom is -0.347 e. The fourth-order valence-corrected chi connectivity index (χ4v) is 3.57. The summed E-state index contributed by atoms with van der Waals surface area (Å²) < 4.78 is 0. The van der Waals surface area contributed by atoms with E-state index < -0.39 is 0 Å². The third-order valence-electron chi connectivity index (χ3n) is 4.12. The highest BCUT2D eigenvalue weighted by atomic mass is 32.2. The zero-order chi connectivity index (χ0) is 16.4. The zero-order valence-electron chi connectivity index (χ0n) is 13.5. The van der Waals surface area contributed by atoms with E-state index in [-0.39, 0.29) is 11.2 Å². The van der Waals surface area contributed by atoms with Crippen molar-refractivity contribution in [3.63, 3.8) is 0 Å². The number of rotatable bonds is 4. The normalized spacial score (nSPS) is 17.3. The van der Waals surface area contributed by atoms with E-state index in [0.717, 1.165) is 11.4 Å². The molecule has 3 rings (SSSR count). The Labute approximate surface area is 140 Å². The molecule has 0 atom stereocenters. The van der Waals surface area contributed by atoms with Crippen LogP contribution in [0.4, 0.5) is 5.69 Å². The summed E-state index contributed by atoms with van der Waals surface area (Å²) in [5.41, 5.74) is 3.27. The molecule has 118 valence electrons.